The molecule has 5 aromatic carbocycles. The topological polar surface area (TPSA) is 52.2 Å². The summed E-state index contributed by atoms with van der Waals surface area (Å²) in [6.45, 7) is 21.5. The standard InChI is InChI=1S/C43H47N2O3S/c1-10-49(46,47)42-37-19-13-11-17-35(37)41(36-18-12-14-20-38(36)42)48-43-44(39-31(27(2)3)21-15-22-32(39)28(4)5)25-26-45(43)40-33(29(6)7)23-16-24-34(40)30(8)9/h10-30H,1H2,2-9H3/q+1. The van der Waals surface area contributed by atoms with E-state index in [1.54, 1.807) is 0 Å². The van der Waals surface area contributed by atoms with Crippen LogP contribution in [0.4, 0.5) is 0 Å². The molecule has 49 heavy (non-hydrogen) atoms. The zero-order chi connectivity index (χ0) is 35.2. The first-order valence-electron chi connectivity index (χ1n) is 17.3. The molecule has 0 atom stereocenters. The van der Waals surface area contributed by atoms with Crippen LogP contribution >= 0.6 is 0 Å². The maximum atomic E-state index is 13.6. The van der Waals surface area contributed by atoms with Crippen LogP contribution in [-0.4, -0.2) is 13.0 Å². The van der Waals surface area contributed by atoms with Crippen molar-refractivity contribution in [3.05, 3.63) is 132 Å². The van der Waals surface area contributed by atoms with Crippen LogP contribution in [-0.2, 0) is 9.84 Å². The number of fused-ring (bicyclic) bond motifs is 2. The van der Waals surface area contributed by atoms with Crippen LogP contribution in [0.1, 0.15) is 101 Å². The van der Waals surface area contributed by atoms with Crippen LogP contribution < -0.4 is 9.30 Å². The summed E-state index contributed by atoms with van der Waals surface area (Å²) in [5, 5.41) is 3.65. The van der Waals surface area contributed by atoms with Gasteiger partial charge >= 0.3 is 6.01 Å². The second-order valence-electron chi connectivity index (χ2n) is 14.1. The second kappa shape index (κ2) is 13.3. The highest BCUT2D eigenvalue weighted by Gasteiger charge is 2.33. The molecule has 0 spiro atoms. The summed E-state index contributed by atoms with van der Waals surface area (Å²) in [4.78, 5) is 0.240. The molecule has 1 heterocycles. The van der Waals surface area contributed by atoms with Crippen molar-refractivity contribution in [1.29, 1.82) is 0 Å². The number of imidazole rings is 1. The van der Waals surface area contributed by atoms with E-state index in [0.29, 0.717) is 33.3 Å². The fourth-order valence-corrected chi connectivity index (χ4v) is 8.17. The summed E-state index contributed by atoms with van der Waals surface area (Å²) in [7, 11) is -3.80. The molecule has 0 radical (unpaired) electrons. The van der Waals surface area contributed by atoms with Gasteiger partial charge in [0, 0.05) is 49.2 Å². The van der Waals surface area contributed by atoms with Crippen molar-refractivity contribution in [3.8, 4) is 23.1 Å². The first kappa shape index (κ1) is 34.2. The Kier molecular flexibility index (Phi) is 9.29. The van der Waals surface area contributed by atoms with Gasteiger partial charge in [0.1, 0.15) is 23.8 Å². The molecule has 0 unspecified atom stereocenters. The largest absolute Gasteiger partial charge is 0.472 e. The molecule has 0 fully saturated rings. The Balaban J connectivity index is 1.79. The van der Waals surface area contributed by atoms with Crippen LogP contribution in [0.25, 0.3) is 32.9 Å². The lowest BCUT2D eigenvalue weighted by Crippen LogP contribution is -2.34. The normalized spacial score (nSPS) is 12.2. The number of hydrogen-bond acceptors (Lipinski definition) is 3. The lowest BCUT2D eigenvalue weighted by Gasteiger charge is -2.20. The molecule has 6 aromatic rings. The Bertz CT molecular complexity index is 2120. The third-order valence-corrected chi connectivity index (χ3v) is 10.9. The Morgan fingerprint density at radius 2 is 1.06 bits per heavy atom. The van der Waals surface area contributed by atoms with Crippen molar-refractivity contribution >= 4 is 31.4 Å². The monoisotopic (exact) mass is 671 g/mol. The fourth-order valence-electron chi connectivity index (χ4n) is 7.04. The summed E-state index contributed by atoms with van der Waals surface area (Å²) in [6, 6.07) is 29.0. The van der Waals surface area contributed by atoms with E-state index in [0.717, 1.165) is 16.8 Å². The van der Waals surface area contributed by atoms with Crippen molar-refractivity contribution in [3.63, 3.8) is 0 Å². The summed E-state index contributed by atoms with van der Waals surface area (Å²) in [5.74, 6) is 1.64. The van der Waals surface area contributed by atoms with Gasteiger partial charge in [0.25, 0.3) is 0 Å². The van der Waals surface area contributed by atoms with Crippen molar-refractivity contribution in [2.45, 2.75) is 84.0 Å². The summed E-state index contributed by atoms with van der Waals surface area (Å²) in [6.07, 6.45) is 4.23. The Hall–Kier alpha value is -4.68. The van der Waals surface area contributed by atoms with E-state index in [2.05, 4.69) is 120 Å². The van der Waals surface area contributed by atoms with Gasteiger partial charge in [-0.1, -0.05) is 147 Å². The molecular weight excluding hydrogens is 625 g/mol. The number of benzene rings is 5. The summed E-state index contributed by atoms with van der Waals surface area (Å²) < 4.78 is 38.9. The van der Waals surface area contributed by atoms with Gasteiger partial charge in [-0.25, -0.2) is 8.42 Å². The highest BCUT2D eigenvalue weighted by molar-refractivity contribution is 7.94. The average molecular weight is 672 g/mol. The minimum absolute atomic E-state index is 0.240. The van der Waals surface area contributed by atoms with Crippen molar-refractivity contribution in [2.75, 3.05) is 0 Å². The van der Waals surface area contributed by atoms with Gasteiger partial charge in [-0.15, -0.1) is 0 Å². The molecular formula is C43H47N2O3S+. The lowest BCUT2D eigenvalue weighted by molar-refractivity contribution is -0.602. The smallest absolute Gasteiger partial charge is 0.390 e. The van der Waals surface area contributed by atoms with Gasteiger partial charge in [0.2, 0.25) is 0 Å². The van der Waals surface area contributed by atoms with Gasteiger partial charge in [-0.2, -0.15) is 9.13 Å². The van der Waals surface area contributed by atoms with Crippen LogP contribution in [0.5, 0.6) is 11.8 Å². The van der Waals surface area contributed by atoms with Crippen molar-refractivity contribution in [1.82, 2.24) is 4.57 Å². The van der Waals surface area contributed by atoms with Gasteiger partial charge in [-0.05, 0) is 23.7 Å². The van der Waals surface area contributed by atoms with E-state index in [1.807, 2.05) is 48.5 Å². The average Bonchev–Trinajstić information content (AvgIpc) is 3.49. The van der Waals surface area contributed by atoms with Gasteiger partial charge in [-0.3, -0.25) is 0 Å². The molecule has 0 saturated heterocycles. The van der Waals surface area contributed by atoms with Gasteiger partial charge in [0.15, 0.2) is 15.6 Å². The number of para-hydroxylation sites is 2. The molecule has 0 N–H and O–H groups in total. The van der Waals surface area contributed by atoms with E-state index < -0.39 is 9.84 Å². The lowest BCUT2D eigenvalue weighted by atomic mass is 9.92. The minimum Gasteiger partial charge on any atom is -0.390 e. The van der Waals surface area contributed by atoms with E-state index in [9.17, 15) is 8.42 Å². The SMILES string of the molecule is C=CS(=O)(=O)c1c2ccccc2c(Oc2n(-c3c(C(C)C)cccc3C(C)C)cc[n+]2-c2c(C(C)C)cccc2C(C)C)c2ccccc12. The van der Waals surface area contributed by atoms with Gasteiger partial charge < -0.3 is 4.74 Å². The number of nitrogens with zero attached hydrogens (tertiary/aromatic N) is 2. The summed E-state index contributed by atoms with van der Waals surface area (Å²) in [5.41, 5.74) is 7.11. The quantitative estimate of drug-likeness (QED) is 0.108. The first-order valence-corrected chi connectivity index (χ1v) is 18.8. The van der Waals surface area contributed by atoms with E-state index in [-0.39, 0.29) is 28.6 Å². The molecule has 0 amide bonds. The highest BCUT2D eigenvalue weighted by Crippen LogP contribution is 2.44. The predicted octanol–water partition coefficient (Wildman–Crippen LogP) is 11.3. The molecule has 5 nitrogen and oxygen atoms in total. The molecule has 0 bridgehead atoms. The molecule has 1 aromatic heterocycles. The zero-order valence-corrected chi connectivity index (χ0v) is 30.7. The number of aromatic nitrogens is 2. The van der Waals surface area contributed by atoms with Crippen molar-refractivity contribution < 1.29 is 17.7 Å². The third-order valence-electron chi connectivity index (χ3n) is 9.47. The summed E-state index contributed by atoms with van der Waals surface area (Å²) >= 11 is 0. The van der Waals surface area contributed by atoms with Crippen molar-refractivity contribution in [2.24, 2.45) is 0 Å². The Morgan fingerprint density at radius 1 is 0.633 bits per heavy atom. The molecule has 0 aliphatic heterocycles. The molecule has 0 saturated carbocycles. The first-order chi connectivity index (χ1) is 23.4. The minimum atomic E-state index is -3.80. The van der Waals surface area contributed by atoms with Crippen LogP contribution in [0, 0.1) is 0 Å². The van der Waals surface area contributed by atoms with Crippen LogP contribution in [0.3, 0.4) is 0 Å². The maximum Gasteiger partial charge on any atom is 0.472 e. The van der Waals surface area contributed by atoms with Crippen LogP contribution in [0.2, 0.25) is 0 Å². The highest BCUT2D eigenvalue weighted by atomic mass is 32.2. The van der Waals surface area contributed by atoms with E-state index >= 15 is 0 Å². The Morgan fingerprint density at radius 3 is 1.49 bits per heavy atom. The Labute approximate surface area is 291 Å². The maximum absolute atomic E-state index is 13.6. The fraction of sp³-hybridized carbons (Fsp3) is 0.279. The predicted molar refractivity (Wildman–Crippen MR) is 203 cm³/mol. The second-order valence-corrected chi connectivity index (χ2v) is 15.9. The number of sulfone groups is 1. The number of rotatable bonds is 10. The molecule has 252 valence electrons. The molecule has 6 heteroatoms. The molecule has 6 rings (SSSR count). The molecule has 0 aliphatic carbocycles. The van der Waals surface area contributed by atoms with Gasteiger partial charge in [0.05, 0.1) is 4.90 Å². The zero-order valence-electron chi connectivity index (χ0n) is 29.9. The number of ether oxygens (including phenoxy) is 1. The van der Waals surface area contributed by atoms with E-state index in [4.69, 9.17) is 4.74 Å². The van der Waals surface area contributed by atoms with E-state index in [1.165, 1.54) is 22.3 Å². The third kappa shape index (κ3) is 5.97. The number of hydrogen-bond donors (Lipinski definition) is 0. The van der Waals surface area contributed by atoms with Crippen LogP contribution in [0.15, 0.2) is 114 Å². The molecule has 0 aliphatic rings.